The Morgan fingerprint density at radius 2 is 2.40 bits per heavy atom. The largest absolute Gasteiger partial charge is 0.394 e. The molecule has 2 N–H and O–H groups in total. The van der Waals surface area contributed by atoms with Crippen molar-refractivity contribution in [2.24, 2.45) is 0 Å². The summed E-state index contributed by atoms with van der Waals surface area (Å²) in [5, 5.41) is 12.0. The first kappa shape index (κ1) is 15.0. The van der Waals surface area contributed by atoms with Gasteiger partial charge in [-0.25, -0.2) is 0 Å². The lowest BCUT2D eigenvalue weighted by Crippen LogP contribution is -2.46. The van der Waals surface area contributed by atoms with Crippen LogP contribution in [0.2, 0.25) is 0 Å². The van der Waals surface area contributed by atoms with Crippen LogP contribution >= 0.6 is 0 Å². The third-order valence-electron chi connectivity index (χ3n) is 3.41. The fourth-order valence-electron chi connectivity index (χ4n) is 2.31. The summed E-state index contributed by atoms with van der Waals surface area (Å²) >= 11 is 0. The van der Waals surface area contributed by atoms with E-state index >= 15 is 0 Å². The van der Waals surface area contributed by atoms with Crippen molar-refractivity contribution in [1.82, 2.24) is 4.90 Å². The summed E-state index contributed by atoms with van der Waals surface area (Å²) in [6, 6.07) is 7.88. The number of nitrogens with one attached hydrogen (secondary N) is 1. The maximum absolute atomic E-state index is 12.0. The van der Waals surface area contributed by atoms with Crippen LogP contribution in [0.15, 0.2) is 24.3 Å². The van der Waals surface area contributed by atoms with E-state index in [9.17, 15) is 4.79 Å². The molecule has 0 saturated carbocycles. The zero-order chi connectivity index (χ0) is 14.4. The highest BCUT2D eigenvalue weighted by atomic mass is 16.5. The number of carbonyl (C=O) groups excluding carboxylic acids is 1. The van der Waals surface area contributed by atoms with Gasteiger partial charge in [-0.1, -0.05) is 19.1 Å². The summed E-state index contributed by atoms with van der Waals surface area (Å²) in [4.78, 5) is 14.0. The monoisotopic (exact) mass is 278 g/mol. The molecule has 1 atom stereocenters. The first-order valence-corrected chi connectivity index (χ1v) is 7.05. The summed E-state index contributed by atoms with van der Waals surface area (Å²) in [5.74, 6) is -0.0307. The molecule has 5 heteroatoms. The molecule has 0 aliphatic carbocycles. The number of hydrogen-bond acceptors (Lipinski definition) is 4. The van der Waals surface area contributed by atoms with Crippen molar-refractivity contribution in [3.05, 3.63) is 29.8 Å². The van der Waals surface area contributed by atoms with Gasteiger partial charge in [0, 0.05) is 18.8 Å². The number of hydrogen-bond donors (Lipinski definition) is 2. The highest BCUT2D eigenvalue weighted by molar-refractivity contribution is 5.92. The molecular formula is C15H22N2O3. The summed E-state index contributed by atoms with van der Waals surface area (Å²) in [6.07, 6.45) is 0.769. The van der Waals surface area contributed by atoms with Crippen LogP contribution in [0, 0.1) is 0 Å². The summed E-state index contributed by atoms with van der Waals surface area (Å²) < 4.78 is 5.36. The van der Waals surface area contributed by atoms with Crippen molar-refractivity contribution in [3.63, 3.8) is 0 Å². The molecule has 0 aromatic heterocycles. The summed E-state index contributed by atoms with van der Waals surface area (Å²) in [7, 11) is 0. The van der Waals surface area contributed by atoms with E-state index in [1.54, 1.807) is 0 Å². The molecule has 1 aromatic rings. The van der Waals surface area contributed by atoms with E-state index in [2.05, 4.69) is 12.2 Å². The average molecular weight is 278 g/mol. The minimum Gasteiger partial charge on any atom is -0.394 e. The van der Waals surface area contributed by atoms with E-state index in [1.165, 1.54) is 5.56 Å². The number of nitrogens with zero attached hydrogens (tertiary/aromatic N) is 1. The Balaban J connectivity index is 1.85. The van der Waals surface area contributed by atoms with Crippen molar-refractivity contribution in [2.75, 3.05) is 38.2 Å². The first-order valence-electron chi connectivity index (χ1n) is 7.05. The normalized spacial score (nSPS) is 19.8. The van der Waals surface area contributed by atoms with E-state index < -0.39 is 0 Å². The molecule has 1 amide bonds. The third-order valence-corrected chi connectivity index (χ3v) is 3.41. The minimum atomic E-state index is -0.181. The highest BCUT2D eigenvalue weighted by Gasteiger charge is 2.21. The number of aryl methyl sites for hydroxylation is 1. The average Bonchev–Trinajstić information content (AvgIpc) is 2.47. The van der Waals surface area contributed by atoms with Gasteiger partial charge >= 0.3 is 0 Å². The Kier molecular flexibility index (Phi) is 5.52. The zero-order valence-corrected chi connectivity index (χ0v) is 11.8. The van der Waals surface area contributed by atoms with Crippen LogP contribution < -0.4 is 5.32 Å². The van der Waals surface area contributed by atoms with E-state index in [4.69, 9.17) is 9.84 Å². The topological polar surface area (TPSA) is 61.8 Å². The zero-order valence-electron chi connectivity index (χ0n) is 11.8. The van der Waals surface area contributed by atoms with Crippen LogP contribution in [0.1, 0.15) is 12.5 Å². The number of benzene rings is 1. The predicted molar refractivity (Wildman–Crippen MR) is 77.7 cm³/mol. The van der Waals surface area contributed by atoms with Gasteiger partial charge in [0.15, 0.2) is 0 Å². The number of aliphatic hydroxyl groups excluding tert-OH is 1. The molecule has 1 aliphatic rings. The predicted octanol–water partition coefficient (Wildman–Crippen LogP) is 0.881. The molecule has 5 nitrogen and oxygen atoms in total. The summed E-state index contributed by atoms with van der Waals surface area (Å²) in [6.45, 7) is 4.29. The second-order valence-electron chi connectivity index (χ2n) is 5.01. The number of anilines is 1. The Morgan fingerprint density at radius 3 is 3.15 bits per heavy atom. The number of morpholine rings is 1. The Hall–Kier alpha value is -1.43. The van der Waals surface area contributed by atoms with E-state index in [0.717, 1.165) is 18.7 Å². The van der Waals surface area contributed by atoms with Gasteiger partial charge in [0.25, 0.3) is 0 Å². The molecule has 1 aromatic carbocycles. The van der Waals surface area contributed by atoms with Crippen LogP contribution in [-0.2, 0) is 16.0 Å². The number of ether oxygens (including phenoxy) is 1. The number of carbonyl (C=O) groups is 1. The maximum atomic E-state index is 12.0. The van der Waals surface area contributed by atoms with Crippen LogP contribution in [0.3, 0.4) is 0 Å². The van der Waals surface area contributed by atoms with Gasteiger partial charge in [-0.05, 0) is 24.1 Å². The molecule has 20 heavy (non-hydrogen) atoms. The molecule has 0 spiro atoms. The molecule has 1 fully saturated rings. The maximum Gasteiger partial charge on any atom is 0.238 e. The molecule has 1 unspecified atom stereocenters. The molecule has 1 saturated heterocycles. The van der Waals surface area contributed by atoms with Gasteiger partial charge in [0.2, 0.25) is 5.91 Å². The van der Waals surface area contributed by atoms with Crippen LogP contribution in [0.4, 0.5) is 5.69 Å². The molecule has 1 aliphatic heterocycles. The lowest BCUT2D eigenvalue weighted by Gasteiger charge is -2.31. The van der Waals surface area contributed by atoms with Crippen molar-refractivity contribution in [2.45, 2.75) is 19.4 Å². The number of rotatable bonds is 5. The van der Waals surface area contributed by atoms with Gasteiger partial charge in [0.05, 0.1) is 25.9 Å². The van der Waals surface area contributed by atoms with E-state index in [1.807, 2.05) is 29.2 Å². The van der Waals surface area contributed by atoms with Crippen molar-refractivity contribution in [1.29, 1.82) is 0 Å². The lowest BCUT2D eigenvalue weighted by molar-refractivity contribution is -0.120. The molecule has 0 radical (unpaired) electrons. The number of aliphatic hydroxyl groups is 1. The second-order valence-corrected chi connectivity index (χ2v) is 5.01. The van der Waals surface area contributed by atoms with E-state index in [-0.39, 0.29) is 18.6 Å². The molecule has 0 bridgehead atoms. The smallest absolute Gasteiger partial charge is 0.238 e. The Morgan fingerprint density at radius 1 is 1.55 bits per heavy atom. The van der Waals surface area contributed by atoms with Crippen molar-refractivity contribution >= 4 is 11.6 Å². The summed E-state index contributed by atoms with van der Waals surface area (Å²) in [5.41, 5.74) is 2.04. The van der Waals surface area contributed by atoms with Gasteiger partial charge in [-0.2, -0.15) is 0 Å². The standard InChI is InChI=1S/C15H22N2O3/c1-2-12-4-3-5-13(8-12)16-15(19)10-17-6-7-20-14(9-17)11-18/h3-5,8,14,18H,2,6-7,9-11H2,1H3,(H,16,19). The van der Waals surface area contributed by atoms with Gasteiger partial charge < -0.3 is 15.2 Å². The fraction of sp³-hybridized carbons (Fsp3) is 0.533. The van der Waals surface area contributed by atoms with Crippen LogP contribution in [0.5, 0.6) is 0 Å². The highest BCUT2D eigenvalue weighted by Crippen LogP contribution is 2.11. The van der Waals surface area contributed by atoms with Crippen LogP contribution in [-0.4, -0.2) is 54.9 Å². The van der Waals surface area contributed by atoms with Crippen molar-refractivity contribution < 1.29 is 14.6 Å². The molecular weight excluding hydrogens is 256 g/mol. The number of amides is 1. The van der Waals surface area contributed by atoms with Gasteiger partial charge in [0.1, 0.15) is 0 Å². The van der Waals surface area contributed by atoms with Gasteiger partial charge in [-0.15, -0.1) is 0 Å². The van der Waals surface area contributed by atoms with Crippen molar-refractivity contribution in [3.8, 4) is 0 Å². The first-order chi connectivity index (χ1) is 9.71. The SMILES string of the molecule is CCc1cccc(NC(=O)CN2CCOC(CO)C2)c1. The molecule has 2 rings (SSSR count). The minimum absolute atomic E-state index is 0.00331. The Labute approximate surface area is 119 Å². The molecule has 1 heterocycles. The Bertz CT molecular complexity index is 450. The van der Waals surface area contributed by atoms with Crippen LogP contribution in [0.25, 0.3) is 0 Å². The second kappa shape index (κ2) is 7.38. The lowest BCUT2D eigenvalue weighted by atomic mass is 10.1. The van der Waals surface area contributed by atoms with E-state index in [0.29, 0.717) is 19.7 Å². The third kappa shape index (κ3) is 4.30. The molecule has 110 valence electrons. The quantitative estimate of drug-likeness (QED) is 0.839. The fourth-order valence-corrected chi connectivity index (χ4v) is 2.31. The van der Waals surface area contributed by atoms with Gasteiger partial charge in [-0.3, -0.25) is 9.69 Å².